The molecule has 220 valence electrons. The van der Waals surface area contributed by atoms with Crippen LogP contribution < -0.4 is 9.64 Å². The first-order valence-electron chi connectivity index (χ1n) is 14.3. The molecule has 0 saturated carbocycles. The van der Waals surface area contributed by atoms with Crippen molar-refractivity contribution in [1.29, 1.82) is 0 Å². The van der Waals surface area contributed by atoms with Crippen molar-refractivity contribution in [2.24, 2.45) is 0 Å². The molecule has 0 bridgehead atoms. The molecule has 0 spiro atoms. The number of benzene rings is 2. The monoisotopic (exact) mass is 599 g/mol. The number of fused-ring (bicyclic) bond motifs is 2. The zero-order valence-electron chi connectivity index (χ0n) is 23.8. The third-order valence-electron chi connectivity index (χ3n) is 8.37. The van der Waals surface area contributed by atoms with Crippen LogP contribution in [0.4, 0.5) is 10.2 Å². The molecule has 2 saturated heterocycles. The minimum Gasteiger partial charge on any atom is -0.462 e. The van der Waals surface area contributed by atoms with Gasteiger partial charge in [-0.05, 0) is 44.0 Å². The smallest absolute Gasteiger partial charge is 0.319 e. The fourth-order valence-corrected chi connectivity index (χ4v) is 6.37. The Hall–Kier alpha value is -4.33. The molecule has 4 aromatic rings. The highest BCUT2D eigenvalue weighted by molar-refractivity contribution is 6.36. The predicted octanol–water partition coefficient (Wildman–Crippen LogP) is 5.23. The summed E-state index contributed by atoms with van der Waals surface area (Å²) in [7, 11) is 2.06. The van der Waals surface area contributed by atoms with E-state index in [0.717, 1.165) is 24.8 Å². The van der Waals surface area contributed by atoms with Gasteiger partial charge < -0.3 is 24.3 Å². The van der Waals surface area contributed by atoms with E-state index in [1.807, 2.05) is 29.2 Å². The van der Waals surface area contributed by atoms with Gasteiger partial charge >= 0.3 is 6.01 Å². The van der Waals surface area contributed by atoms with Crippen LogP contribution in [0.15, 0.2) is 55.3 Å². The number of pyridine rings is 1. The van der Waals surface area contributed by atoms with Gasteiger partial charge in [0.25, 0.3) is 0 Å². The van der Waals surface area contributed by atoms with Crippen LogP contribution in [0, 0.1) is 12.4 Å². The summed E-state index contributed by atoms with van der Waals surface area (Å²) in [5.74, 6) is -0.374. The molecule has 9 nitrogen and oxygen atoms in total. The fraction of sp³-hybridized carbons (Fsp3) is 0.344. The van der Waals surface area contributed by atoms with Gasteiger partial charge in [0.1, 0.15) is 29.7 Å². The van der Waals surface area contributed by atoms with E-state index in [4.69, 9.17) is 27.9 Å². The number of halogens is 2. The van der Waals surface area contributed by atoms with Crippen LogP contribution in [-0.2, 0) is 4.79 Å². The number of aromatic nitrogens is 3. The average molecular weight is 600 g/mol. The first kappa shape index (κ1) is 28.8. The minimum absolute atomic E-state index is 0.0705. The molecule has 0 unspecified atom stereocenters. The summed E-state index contributed by atoms with van der Waals surface area (Å²) in [6.45, 7) is 13.7. The molecule has 2 fully saturated rings. The number of carbonyl (C=O) groups excluding carboxylic acids is 1. The Morgan fingerprint density at radius 1 is 1.21 bits per heavy atom. The number of hydrogen-bond acceptors (Lipinski definition) is 7. The Morgan fingerprint density at radius 3 is 2.77 bits per heavy atom. The Bertz CT molecular complexity index is 1750. The quantitative estimate of drug-likeness (QED) is 0.213. The van der Waals surface area contributed by atoms with Gasteiger partial charge in [-0.15, -0.1) is 0 Å². The molecule has 0 radical (unpaired) electrons. The number of anilines is 1. The van der Waals surface area contributed by atoms with E-state index in [2.05, 4.69) is 33.3 Å². The summed E-state index contributed by atoms with van der Waals surface area (Å²) in [4.78, 5) is 35.8. The number of ether oxygens (including phenoxy) is 1. The van der Waals surface area contributed by atoms with Crippen molar-refractivity contribution >= 4 is 45.0 Å². The van der Waals surface area contributed by atoms with Crippen molar-refractivity contribution in [3.63, 3.8) is 0 Å². The molecule has 6 rings (SSSR count). The summed E-state index contributed by atoms with van der Waals surface area (Å²) < 4.78 is 22.7. The van der Waals surface area contributed by atoms with Crippen molar-refractivity contribution in [1.82, 2.24) is 24.8 Å². The Labute approximate surface area is 254 Å². The van der Waals surface area contributed by atoms with Crippen molar-refractivity contribution in [3.8, 4) is 17.3 Å². The highest BCUT2D eigenvalue weighted by Gasteiger charge is 2.34. The number of likely N-dealkylation sites (tertiary alicyclic amines) is 1. The maximum atomic E-state index is 16.6. The topological polar surface area (TPSA) is 79.1 Å². The summed E-state index contributed by atoms with van der Waals surface area (Å²) in [6.07, 6.45) is 4.93. The van der Waals surface area contributed by atoms with Gasteiger partial charge in [0.2, 0.25) is 12.5 Å². The summed E-state index contributed by atoms with van der Waals surface area (Å²) in [5.41, 5.74) is 0.774. The van der Waals surface area contributed by atoms with Gasteiger partial charge in [-0.3, -0.25) is 9.78 Å². The zero-order chi connectivity index (χ0) is 30.1. The molecule has 0 aliphatic carbocycles. The number of hydrogen-bond donors (Lipinski definition) is 0. The van der Waals surface area contributed by atoms with E-state index in [0.29, 0.717) is 53.4 Å². The van der Waals surface area contributed by atoms with Gasteiger partial charge in [-0.25, -0.2) is 11.0 Å². The number of carbonyl (C=O) groups is 1. The number of amides is 1. The number of piperazine rings is 1. The van der Waals surface area contributed by atoms with Gasteiger partial charge in [0, 0.05) is 47.8 Å². The van der Waals surface area contributed by atoms with Gasteiger partial charge in [-0.2, -0.15) is 9.97 Å². The molecule has 4 heterocycles. The molecule has 1 amide bonds. The second-order valence-electron chi connectivity index (χ2n) is 10.9. The molecule has 2 aliphatic heterocycles. The Balaban J connectivity index is 1.46. The van der Waals surface area contributed by atoms with Crippen molar-refractivity contribution in [2.75, 3.05) is 51.3 Å². The van der Waals surface area contributed by atoms with E-state index in [1.54, 1.807) is 23.2 Å². The SMILES string of the molecule is [C-]#[N+]C[C@H]1CN(c2nc(OC[C@@H]3CCCN3C)nc3c(F)c(-c4cccc5cccc(Cl)c45)ncc23)CCN1C(=O)C=C. The standard InChI is InChI=1S/C32H31ClFN7O2/c1-4-26(42)41-15-14-40(18-22(41)16-35-2)31-24-17-36-29(23-11-5-8-20-9-6-12-25(33)27(20)23)28(34)30(24)37-32(38-31)43-19-21-10-7-13-39(21)3/h4-6,8-9,11-12,17,21-22H,1,7,10,13-16,18-19H2,3H3/t21-,22-/m0/s1. The van der Waals surface area contributed by atoms with Crippen LogP contribution in [0.3, 0.4) is 0 Å². The second-order valence-corrected chi connectivity index (χ2v) is 11.3. The van der Waals surface area contributed by atoms with E-state index in [9.17, 15) is 4.79 Å². The molecule has 43 heavy (non-hydrogen) atoms. The molecular weight excluding hydrogens is 569 g/mol. The predicted molar refractivity (Wildman–Crippen MR) is 166 cm³/mol. The lowest BCUT2D eigenvalue weighted by atomic mass is 10.0. The van der Waals surface area contributed by atoms with E-state index in [-0.39, 0.29) is 41.8 Å². The fourth-order valence-electron chi connectivity index (χ4n) is 6.08. The summed E-state index contributed by atoms with van der Waals surface area (Å²) in [6, 6.07) is 11.0. The van der Waals surface area contributed by atoms with Crippen LogP contribution in [-0.4, -0.2) is 89.1 Å². The maximum Gasteiger partial charge on any atom is 0.319 e. The van der Waals surface area contributed by atoms with Crippen molar-refractivity contribution in [3.05, 3.63) is 77.5 Å². The van der Waals surface area contributed by atoms with Crippen LogP contribution in [0.1, 0.15) is 12.8 Å². The largest absolute Gasteiger partial charge is 0.462 e. The molecule has 2 aliphatic rings. The van der Waals surface area contributed by atoms with Gasteiger partial charge in [-0.1, -0.05) is 48.5 Å². The molecular formula is C32H31ClFN7O2. The number of likely N-dealkylation sites (N-methyl/N-ethyl adjacent to an activating group) is 1. The second kappa shape index (κ2) is 12.1. The highest BCUT2D eigenvalue weighted by atomic mass is 35.5. The van der Waals surface area contributed by atoms with Gasteiger partial charge in [0.15, 0.2) is 5.82 Å². The lowest BCUT2D eigenvalue weighted by Crippen LogP contribution is -2.56. The van der Waals surface area contributed by atoms with E-state index < -0.39 is 5.82 Å². The van der Waals surface area contributed by atoms with Gasteiger partial charge in [0.05, 0.1) is 5.39 Å². The zero-order valence-corrected chi connectivity index (χ0v) is 24.6. The van der Waals surface area contributed by atoms with Crippen LogP contribution in [0.5, 0.6) is 6.01 Å². The average Bonchev–Trinajstić information content (AvgIpc) is 3.44. The van der Waals surface area contributed by atoms with Crippen LogP contribution in [0.2, 0.25) is 5.02 Å². The summed E-state index contributed by atoms with van der Waals surface area (Å²) >= 11 is 6.57. The van der Waals surface area contributed by atoms with Crippen LogP contribution >= 0.6 is 11.6 Å². The molecule has 11 heteroatoms. The van der Waals surface area contributed by atoms with Crippen LogP contribution in [0.25, 0.3) is 37.8 Å². The highest BCUT2D eigenvalue weighted by Crippen LogP contribution is 2.37. The van der Waals surface area contributed by atoms with E-state index >= 15 is 4.39 Å². The molecule has 2 atom stereocenters. The molecule has 2 aromatic heterocycles. The minimum atomic E-state index is -0.602. The Morgan fingerprint density at radius 2 is 2.02 bits per heavy atom. The first-order valence-corrected chi connectivity index (χ1v) is 14.7. The van der Waals surface area contributed by atoms with Crippen molar-refractivity contribution < 1.29 is 13.9 Å². The number of rotatable bonds is 7. The summed E-state index contributed by atoms with van der Waals surface area (Å²) in [5, 5.41) is 2.50. The lowest BCUT2D eigenvalue weighted by Gasteiger charge is -2.39. The Kier molecular flexibility index (Phi) is 8.10. The molecule has 2 aromatic carbocycles. The lowest BCUT2D eigenvalue weighted by molar-refractivity contribution is -0.128. The van der Waals surface area contributed by atoms with Crippen molar-refractivity contribution in [2.45, 2.75) is 24.9 Å². The third kappa shape index (κ3) is 5.46. The van der Waals surface area contributed by atoms with E-state index in [1.165, 1.54) is 6.08 Å². The third-order valence-corrected chi connectivity index (χ3v) is 8.69. The first-order chi connectivity index (χ1) is 20.9. The molecule has 0 N–H and O–H groups in total. The number of nitrogens with zero attached hydrogens (tertiary/aromatic N) is 7. The maximum absolute atomic E-state index is 16.6. The normalized spacial score (nSPS) is 19.1.